The van der Waals surface area contributed by atoms with E-state index in [2.05, 4.69) is 4.98 Å². The normalized spacial score (nSPS) is 12.0. The average Bonchev–Trinajstić information content (AvgIpc) is 3.26. The van der Waals surface area contributed by atoms with Gasteiger partial charge in [0.05, 0.1) is 23.2 Å². The molecule has 0 fully saturated rings. The van der Waals surface area contributed by atoms with E-state index in [0.29, 0.717) is 12.1 Å². The standard InChI is InChI=1S/C22H24N2O4S2/c1-13-11-16(15(3)29-13)18(25)9-10-21(26)28-14(2)22(27)24(4)12-20-23-17-7-5-6-8-19(17)30-20/h5-8,11,14H,9-10,12H2,1-4H3. The topological polar surface area (TPSA) is 76.6 Å². The van der Waals surface area contributed by atoms with Crippen molar-refractivity contribution in [2.45, 2.75) is 46.3 Å². The Balaban J connectivity index is 1.49. The van der Waals surface area contributed by atoms with Gasteiger partial charge >= 0.3 is 5.97 Å². The van der Waals surface area contributed by atoms with E-state index >= 15 is 0 Å². The molecule has 8 heteroatoms. The molecule has 0 bridgehead atoms. The van der Waals surface area contributed by atoms with Gasteiger partial charge in [-0.3, -0.25) is 14.4 Å². The van der Waals surface area contributed by atoms with Gasteiger partial charge in [0.1, 0.15) is 5.01 Å². The molecule has 0 saturated carbocycles. The number of fused-ring (bicyclic) bond motifs is 1. The molecular formula is C22H24N2O4S2. The third kappa shape index (κ3) is 5.31. The van der Waals surface area contributed by atoms with Crippen LogP contribution < -0.4 is 0 Å². The van der Waals surface area contributed by atoms with Crippen molar-refractivity contribution in [1.82, 2.24) is 9.88 Å². The maximum atomic E-state index is 12.6. The maximum absolute atomic E-state index is 12.6. The highest BCUT2D eigenvalue weighted by molar-refractivity contribution is 7.18. The lowest BCUT2D eigenvalue weighted by atomic mass is 10.1. The molecule has 1 unspecified atom stereocenters. The summed E-state index contributed by atoms with van der Waals surface area (Å²) in [4.78, 5) is 45.0. The third-order valence-electron chi connectivity index (χ3n) is 4.64. The highest BCUT2D eigenvalue weighted by atomic mass is 32.1. The van der Waals surface area contributed by atoms with Gasteiger partial charge in [-0.25, -0.2) is 4.98 Å². The van der Waals surface area contributed by atoms with Crippen molar-refractivity contribution in [2.24, 2.45) is 0 Å². The fourth-order valence-corrected chi connectivity index (χ4v) is 5.11. The first-order valence-electron chi connectivity index (χ1n) is 9.63. The third-order valence-corrected chi connectivity index (χ3v) is 6.63. The lowest BCUT2D eigenvalue weighted by Crippen LogP contribution is -2.37. The van der Waals surface area contributed by atoms with Crippen molar-refractivity contribution in [1.29, 1.82) is 0 Å². The first-order chi connectivity index (χ1) is 14.2. The van der Waals surface area contributed by atoms with E-state index in [-0.39, 0.29) is 24.5 Å². The molecule has 30 heavy (non-hydrogen) atoms. The second kappa shape index (κ2) is 9.49. The molecule has 3 aromatic rings. The first kappa shape index (κ1) is 22.1. The van der Waals surface area contributed by atoms with Crippen molar-refractivity contribution in [3.63, 3.8) is 0 Å². The highest BCUT2D eigenvalue weighted by Gasteiger charge is 2.23. The number of hydrogen-bond donors (Lipinski definition) is 0. The highest BCUT2D eigenvalue weighted by Crippen LogP contribution is 2.23. The number of thiazole rings is 1. The SMILES string of the molecule is Cc1cc(C(=O)CCC(=O)OC(C)C(=O)N(C)Cc2nc3ccccc3s2)c(C)s1. The second-order valence-corrected chi connectivity index (χ2v) is 9.73. The number of para-hydroxylation sites is 1. The number of benzene rings is 1. The van der Waals surface area contributed by atoms with Gasteiger partial charge in [0.25, 0.3) is 5.91 Å². The number of likely N-dealkylation sites (N-methyl/N-ethyl adjacent to an activating group) is 1. The summed E-state index contributed by atoms with van der Waals surface area (Å²) in [6.07, 6.45) is -0.901. The van der Waals surface area contributed by atoms with Crippen molar-refractivity contribution in [3.8, 4) is 0 Å². The number of nitrogens with zero attached hydrogens (tertiary/aromatic N) is 2. The quantitative estimate of drug-likeness (QED) is 0.377. The van der Waals surface area contributed by atoms with Gasteiger partial charge in [0.15, 0.2) is 11.9 Å². The molecule has 158 valence electrons. The predicted octanol–water partition coefficient (Wildman–Crippen LogP) is 4.53. The van der Waals surface area contributed by atoms with Gasteiger partial charge in [0, 0.05) is 28.8 Å². The molecule has 0 radical (unpaired) electrons. The number of ketones is 1. The van der Waals surface area contributed by atoms with Crippen molar-refractivity contribution in [2.75, 3.05) is 7.05 Å². The number of hydrogen-bond acceptors (Lipinski definition) is 7. The Kier molecular flexibility index (Phi) is 6.99. The number of rotatable bonds is 8. The molecule has 1 atom stereocenters. The van der Waals surface area contributed by atoms with Gasteiger partial charge in [-0.05, 0) is 39.0 Å². The molecule has 0 aliphatic carbocycles. The van der Waals surface area contributed by atoms with Crippen LogP contribution in [-0.2, 0) is 20.9 Å². The monoisotopic (exact) mass is 444 g/mol. The van der Waals surface area contributed by atoms with E-state index in [1.165, 1.54) is 16.2 Å². The number of carbonyl (C=O) groups is 3. The van der Waals surface area contributed by atoms with Crippen LogP contribution in [0.2, 0.25) is 0 Å². The van der Waals surface area contributed by atoms with E-state index in [0.717, 1.165) is 25.0 Å². The number of Topliss-reactive ketones (excluding diaryl/α,β-unsaturated/α-hetero) is 1. The van der Waals surface area contributed by atoms with Crippen LogP contribution in [0.5, 0.6) is 0 Å². The minimum atomic E-state index is -0.919. The summed E-state index contributed by atoms with van der Waals surface area (Å²) in [5.74, 6) is -0.943. The van der Waals surface area contributed by atoms with Gasteiger partial charge in [0.2, 0.25) is 0 Å². The largest absolute Gasteiger partial charge is 0.453 e. The number of ether oxygens (including phenoxy) is 1. The van der Waals surface area contributed by atoms with Crippen LogP contribution in [0.1, 0.15) is 44.9 Å². The van der Waals surface area contributed by atoms with E-state index < -0.39 is 12.1 Å². The summed E-state index contributed by atoms with van der Waals surface area (Å²) in [7, 11) is 1.66. The molecule has 2 heterocycles. The number of thiophene rings is 1. The molecular weight excluding hydrogens is 420 g/mol. The molecule has 1 aromatic carbocycles. The zero-order valence-electron chi connectivity index (χ0n) is 17.4. The number of carbonyl (C=O) groups excluding carboxylic acids is 3. The fourth-order valence-electron chi connectivity index (χ4n) is 3.14. The summed E-state index contributed by atoms with van der Waals surface area (Å²) >= 11 is 3.09. The van der Waals surface area contributed by atoms with Crippen LogP contribution in [-0.4, -0.2) is 40.7 Å². The number of aryl methyl sites for hydroxylation is 2. The smallest absolute Gasteiger partial charge is 0.307 e. The lowest BCUT2D eigenvalue weighted by Gasteiger charge is -2.20. The summed E-state index contributed by atoms with van der Waals surface area (Å²) < 4.78 is 6.32. The molecule has 0 aliphatic rings. The number of amides is 1. The Morgan fingerprint density at radius 3 is 2.53 bits per heavy atom. The van der Waals surface area contributed by atoms with Crippen LogP contribution in [0.15, 0.2) is 30.3 Å². The van der Waals surface area contributed by atoms with E-state index in [1.807, 2.05) is 44.2 Å². The van der Waals surface area contributed by atoms with Crippen LogP contribution in [0, 0.1) is 13.8 Å². The van der Waals surface area contributed by atoms with Crippen LogP contribution in [0.4, 0.5) is 0 Å². The van der Waals surface area contributed by atoms with Crippen molar-refractivity contribution >= 4 is 50.5 Å². The summed E-state index contributed by atoms with van der Waals surface area (Å²) in [6, 6.07) is 9.64. The van der Waals surface area contributed by atoms with Crippen LogP contribution >= 0.6 is 22.7 Å². The summed E-state index contributed by atoms with van der Waals surface area (Å²) in [5.41, 5.74) is 1.56. The van der Waals surface area contributed by atoms with Crippen molar-refractivity contribution < 1.29 is 19.1 Å². The summed E-state index contributed by atoms with van der Waals surface area (Å²) in [6.45, 7) is 5.73. The maximum Gasteiger partial charge on any atom is 0.307 e. The van der Waals surface area contributed by atoms with Gasteiger partial charge < -0.3 is 9.64 Å². The fraction of sp³-hybridized carbons (Fsp3) is 0.364. The molecule has 1 amide bonds. The minimum absolute atomic E-state index is 0.0492. The zero-order valence-corrected chi connectivity index (χ0v) is 19.1. The Labute approximate surface area is 183 Å². The lowest BCUT2D eigenvalue weighted by molar-refractivity contribution is -0.158. The molecule has 0 saturated heterocycles. The molecule has 0 spiro atoms. The average molecular weight is 445 g/mol. The number of aromatic nitrogens is 1. The van der Waals surface area contributed by atoms with E-state index in [4.69, 9.17) is 4.74 Å². The van der Waals surface area contributed by atoms with E-state index in [1.54, 1.807) is 25.3 Å². The zero-order chi connectivity index (χ0) is 21.8. The Morgan fingerprint density at radius 2 is 1.87 bits per heavy atom. The van der Waals surface area contributed by atoms with E-state index in [9.17, 15) is 14.4 Å². The molecule has 0 aliphatic heterocycles. The van der Waals surface area contributed by atoms with Gasteiger partial charge in [-0.2, -0.15) is 0 Å². The Bertz CT molecular complexity index is 1050. The molecule has 0 N–H and O–H groups in total. The number of esters is 1. The molecule has 6 nitrogen and oxygen atoms in total. The van der Waals surface area contributed by atoms with Crippen molar-refractivity contribution in [3.05, 3.63) is 50.7 Å². The Morgan fingerprint density at radius 1 is 1.13 bits per heavy atom. The van der Waals surface area contributed by atoms with Crippen LogP contribution in [0.25, 0.3) is 10.2 Å². The molecule has 2 aromatic heterocycles. The molecule has 3 rings (SSSR count). The predicted molar refractivity (Wildman–Crippen MR) is 119 cm³/mol. The van der Waals surface area contributed by atoms with Crippen LogP contribution in [0.3, 0.4) is 0 Å². The van der Waals surface area contributed by atoms with Gasteiger partial charge in [-0.15, -0.1) is 22.7 Å². The summed E-state index contributed by atoms with van der Waals surface area (Å²) in [5, 5.41) is 0.817. The second-order valence-electron chi connectivity index (χ2n) is 7.15. The van der Waals surface area contributed by atoms with Gasteiger partial charge in [-0.1, -0.05) is 12.1 Å². The Hall–Kier alpha value is -2.58. The minimum Gasteiger partial charge on any atom is -0.453 e. The first-order valence-corrected chi connectivity index (χ1v) is 11.3.